The first-order chi connectivity index (χ1) is 13.2. The van der Waals surface area contributed by atoms with Gasteiger partial charge in [-0.1, -0.05) is 6.07 Å². The summed E-state index contributed by atoms with van der Waals surface area (Å²) in [7, 11) is 3.52. The van der Waals surface area contributed by atoms with E-state index in [1.165, 1.54) is 6.42 Å². The van der Waals surface area contributed by atoms with Crippen LogP contribution in [0.5, 0.6) is 11.5 Å². The van der Waals surface area contributed by atoms with E-state index < -0.39 is 0 Å². The molecule has 150 valence electrons. The number of nitrogens with zero attached hydrogens (tertiary/aromatic N) is 3. The van der Waals surface area contributed by atoms with Gasteiger partial charge in [0.05, 0.1) is 26.9 Å². The summed E-state index contributed by atoms with van der Waals surface area (Å²) >= 11 is 0. The largest absolute Gasteiger partial charge is 0.493 e. The third-order valence-corrected chi connectivity index (χ3v) is 5.22. The summed E-state index contributed by atoms with van der Waals surface area (Å²) in [6.45, 7) is 9.13. The number of nitrogens with one attached hydrogen (secondary N) is 1. The molecule has 27 heavy (non-hydrogen) atoms. The van der Waals surface area contributed by atoms with Gasteiger partial charge in [0.1, 0.15) is 0 Å². The maximum absolute atomic E-state index is 5.59. The molecule has 1 aromatic rings. The minimum atomic E-state index is 0.595. The molecule has 0 radical (unpaired) electrons. The number of hydrogen-bond donors (Lipinski definition) is 1. The highest BCUT2D eigenvalue weighted by molar-refractivity contribution is 5.80. The van der Waals surface area contributed by atoms with E-state index in [1.807, 2.05) is 26.1 Å². The Morgan fingerprint density at radius 1 is 1.26 bits per heavy atom. The summed E-state index contributed by atoms with van der Waals surface area (Å²) < 4.78 is 16.5. The average molecular weight is 377 g/mol. The lowest BCUT2D eigenvalue weighted by Gasteiger charge is -2.32. The van der Waals surface area contributed by atoms with Crippen molar-refractivity contribution in [3.8, 4) is 11.5 Å². The Hall–Kier alpha value is -1.99. The molecule has 1 aromatic carbocycles. The summed E-state index contributed by atoms with van der Waals surface area (Å²) in [6, 6.07) is 6.64. The van der Waals surface area contributed by atoms with Crippen LogP contribution in [0.25, 0.3) is 0 Å². The average Bonchev–Trinajstić information content (AvgIpc) is 3.20. The Labute approximate surface area is 162 Å². The maximum atomic E-state index is 5.59. The number of rotatable bonds is 6. The van der Waals surface area contributed by atoms with Crippen LogP contribution in [-0.4, -0.2) is 82.0 Å². The fraction of sp³-hybridized carbons (Fsp3) is 0.650. The fourth-order valence-electron chi connectivity index (χ4n) is 3.78. The lowest BCUT2D eigenvalue weighted by molar-refractivity contribution is 0.0195. The highest BCUT2D eigenvalue weighted by atomic mass is 16.5. The van der Waals surface area contributed by atoms with Crippen LogP contribution < -0.4 is 14.8 Å². The van der Waals surface area contributed by atoms with Crippen molar-refractivity contribution in [1.82, 2.24) is 15.1 Å². The van der Waals surface area contributed by atoms with E-state index in [9.17, 15) is 0 Å². The zero-order valence-electron chi connectivity index (χ0n) is 16.7. The van der Waals surface area contributed by atoms with Crippen molar-refractivity contribution < 1.29 is 14.2 Å². The Morgan fingerprint density at radius 3 is 2.78 bits per heavy atom. The first-order valence-electron chi connectivity index (χ1n) is 9.82. The number of aliphatic imine (C=N–C) groups is 1. The van der Waals surface area contributed by atoms with Crippen molar-refractivity contribution >= 4 is 5.96 Å². The highest BCUT2D eigenvalue weighted by Crippen LogP contribution is 2.28. The van der Waals surface area contributed by atoms with Crippen molar-refractivity contribution in [1.29, 1.82) is 0 Å². The quantitative estimate of drug-likeness (QED) is 0.601. The molecule has 2 heterocycles. The van der Waals surface area contributed by atoms with Crippen molar-refractivity contribution in [2.45, 2.75) is 25.9 Å². The van der Waals surface area contributed by atoms with E-state index >= 15 is 0 Å². The Kier molecular flexibility index (Phi) is 7.18. The highest BCUT2D eigenvalue weighted by Gasteiger charge is 2.30. The van der Waals surface area contributed by atoms with Gasteiger partial charge in [-0.15, -0.1) is 0 Å². The van der Waals surface area contributed by atoms with Gasteiger partial charge in [0.15, 0.2) is 17.5 Å². The van der Waals surface area contributed by atoms with E-state index in [1.54, 1.807) is 7.11 Å². The summed E-state index contributed by atoms with van der Waals surface area (Å²) in [5.74, 6) is 2.50. The van der Waals surface area contributed by atoms with Gasteiger partial charge < -0.3 is 24.4 Å². The molecule has 0 saturated carbocycles. The Morgan fingerprint density at radius 2 is 2.07 bits per heavy atom. The number of methoxy groups -OCH3 is 1. The molecule has 7 heteroatoms. The monoisotopic (exact) mass is 376 g/mol. The molecule has 1 unspecified atom stereocenters. The van der Waals surface area contributed by atoms with Crippen molar-refractivity contribution in [3.05, 3.63) is 23.8 Å². The van der Waals surface area contributed by atoms with E-state index in [0.29, 0.717) is 19.2 Å². The Balaban J connectivity index is 1.55. The molecule has 1 N–H and O–H groups in total. The van der Waals surface area contributed by atoms with Gasteiger partial charge in [0, 0.05) is 45.8 Å². The van der Waals surface area contributed by atoms with Gasteiger partial charge in [0.25, 0.3) is 0 Å². The summed E-state index contributed by atoms with van der Waals surface area (Å²) in [4.78, 5) is 9.39. The predicted octanol–water partition coefficient (Wildman–Crippen LogP) is 1.58. The first-order valence-corrected chi connectivity index (χ1v) is 9.82. The number of ether oxygens (including phenoxy) is 3. The number of likely N-dealkylation sites (tertiary alicyclic amines) is 1. The van der Waals surface area contributed by atoms with Crippen molar-refractivity contribution in [3.63, 3.8) is 0 Å². The summed E-state index contributed by atoms with van der Waals surface area (Å²) in [5, 5.41) is 3.49. The molecule has 1 atom stereocenters. The van der Waals surface area contributed by atoms with Crippen LogP contribution in [0.1, 0.15) is 18.9 Å². The molecule has 0 aromatic heterocycles. The van der Waals surface area contributed by atoms with Crippen LogP contribution in [0, 0.1) is 0 Å². The second-order valence-corrected chi connectivity index (χ2v) is 6.86. The van der Waals surface area contributed by atoms with E-state index in [2.05, 4.69) is 26.2 Å². The Bertz CT molecular complexity index is 632. The fourth-order valence-corrected chi connectivity index (χ4v) is 3.78. The molecule has 2 fully saturated rings. The summed E-state index contributed by atoms with van der Waals surface area (Å²) in [5.41, 5.74) is 1.14. The van der Waals surface area contributed by atoms with Crippen LogP contribution in [0.15, 0.2) is 23.2 Å². The van der Waals surface area contributed by atoms with Crippen molar-refractivity contribution in [2.75, 3.05) is 60.2 Å². The zero-order valence-corrected chi connectivity index (χ0v) is 16.7. The second-order valence-electron chi connectivity index (χ2n) is 6.86. The van der Waals surface area contributed by atoms with E-state index in [-0.39, 0.29) is 0 Å². The van der Waals surface area contributed by atoms with Gasteiger partial charge in [-0.25, -0.2) is 0 Å². The molecular formula is C20H32N4O3. The normalized spacial score (nSPS) is 21.4. The third-order valence-electron chi connectivity index (χ3n) is 5.22. The van der Waals surface area contributed by atoms with Gasteiger partial charge in [-0.3, -0.25) is 9.89 Å². The number of hydrogen-bond acceptors (Lipinski definition) is 5. The maximum Gasteiger partial charge on any atom is 0.193 e. The third kappa shape index (κ3) is 5.05. The van der Waals surface area contributed by atoms with E-state index in [0.717, 1.165) is 62.4 Å². The topological polar surface area (TPSA) is 58.6 Å². The lowest BCUT2D eigenvalue weighted by atomic mass is 10.2. The standard InChI is InChI=1S/C20H32N4O3/c1-4-27-18-6-5-16(13-19(18)25-3)14-22-20(21-2)24-8-7-17(15-24)23-9-11-26-12-10-23/h5-6,13,17H,4,7-12,14-15H2,1-3H3,(H,21,22). The lowest BCUT2D eigenvalue weighted by Crippen LogP contribution is -2.46. The number of guanidine groups is 1. The second kappa shape index (κ2) is 9.80. The minimum absolute atomic E-state index is 0.595. The molecular weight excluding hydrogens is 344 g/mol. The predicted molar refractivity (Wildman–Crippen MR) is 107 cm³/mol. The number of morpholine rings is 1. The summed E-state index contributed by atoms with van der Waals surface area (Å²) in [6.07, 6.45) is 1.18. The molecule has 0 amide bonds. The zero-order chi connectivity index (χ0) is 19.1. The molecule has 0 spiro atoms. The molecule has 7 nitrogen and oxygen atoms in total. The van der Waals surface area contributed by atoms with Crippen LogP contribution in [0.3, 0.4) is 0 Å². The molecule has 2 aliphatic heterocycles. The molecule has 0 bridgehead atoms. The van der Waals surface area contributed by atoms with Crippen molar-refractivity contribution in [2.24, 2.45) is 4.99 Å². The SMILES string of the molecule is CCOc1ccc(CNC(=NC)N2CCC(N3CCOCC3)C2)cc1OC. The van der Waals surface area contributed by atoms with Crippen LogP contribution in [0.2, 0.25) is 0 Å². The van der Waals surface area contributed by atoms with Crippen LogP contribution >= 0.6 is 0 Å². The van der Waals surface area contributed by atoms with Crippen LogP contribution in [0.4, 0.5) is 0 Å². The van der Waals surface area contributed by atoms with Gasteiger partial charge in [-0.05, 0) is 31.0 Å². The van der Waals surface area contributed by atoms with Gasteiger partial charge in [-0.2, -0.15) is 0 Å². The minimum Gasteiger partial charge on any atom is -0.493 e. The van der Waals surface area contributed by atoms with E-state index in [4.69, 9.17) is 14.2 Å². The van der Waals surface area contributed by atoms with Gasteiger partial charge >= 0.3 is 0 Å². The number of benzene rings is 1. The van der Waals surface area contributed by atoms with Crippen LogP contribution in [-0.2, 0) is 11.3 Å². The molecule has 2 saturated heterocycles. The molecule has 2 aliphatic rings. The first kappa shape index (κ1) is 19.8. The molecule has 0 aliphatic carbocycles. The van der Waals surface area contributed by atoms with Gasteiger partial charge in [0.2, 0.25) is 0 Å². The molecule has 3 rings (SSSR count). The smallest absolute Gasteiger partial charge is 0.193 e.